The maximum absolute atomic E-state index is 13.8. The lowest BCUT2D eigenvalue weighted by Crippen LogP contribution is -2.69. The Morgan fingerprint density at radius 1 is 1.18 bits per heavy atom. The number of aliphatic hydroxyl groups excluding tert-OH is 3. The Hall–Kier alpha value is -3.13. The van der Waals surface area contributed by atoms with Crippen molar-refractivity contribution in [1.29, 1.82) is 0 Å². The van der Waals surface area contributed by atoms with Crippen LogP contribution in [0.25, 0.3) is 0 Å². The Morgan fingerprint density at radius 2 is 1.84 bits per heavy atom. The molecule has 3 saturated heterocycles. The second-order valence-electron chi connectivity index (χ2n) is 13.5. The Morgan fingerprint density at radius 3 is 2.44 bits per heavy atom. The SMILES string of the molecule is COC(=O)[C@@]12C[C@@H](OC(=O)C=C(C)C)C(=O)O[C@@H]3C[C@H]4C(C)=C(OC(=O)CC(C)O)C(=O)C[C@]4(C)C(C3[C@@H](C)CO1)[C@@H](O)[C@@H]2O. The molecule has 45 heavy (non-hydrogen) atoms. The molecule has 0 aromatic carbocycles. The quantitative estimate of drug-likeness (QED) is 0.215. The highest BCUT2D eigenvalue weighted by atomic mass is 16.6. The van der Waals surface area contributed by atoms with Crippen LogP contribution in [0.15, 0.2) is 23.0 Å². The molecule has 3 heterocycles. The number of methoxy groups -OCH3 is 1. The second kappa shape index (κ2) is 12.9. The standard InChI is InChI=1S/C32H44O13/c1-14(2)8-22(35)43-21-12-32(30(40)41-7)28(38)26(37)25-24(15(3)13-42-32)20(44-29(21)39)10-18-17(5)27(19(34)11-31(18,25)6)45-23(36)9-16(4)33/h8,15-16,18,20-21,24-26,28,33,37-38H,9-13H2,1-7H3/t15-,16?,18-,20+,21+,24?,25?,26+,28-,31-,32-/m0/s1. The number of rotatable bonds is 6. The van der Waals surface area contributed by atoms with Crippen LogP contribution < -0.4 is 0 Å². The molecule has 0 aromatic rings. The molecule has 0 radical (unpaired) electrons. The third-order valence-corrected chi connectivity index (χ3v) is 9.87. The van der Waals surface area contributed by atoms with Gasteiger partial charge < -0.3 is 39.0 Å². The van der Waals surface area contributed by atoms with Gasteiger partial charge in [-0.1, -0.05) is 19.4 Å². The van der Waals surface area contributed by atoms with E-state index in [-0.39, 0.29) is 31.6 Å². The van der Waals surface area contributed by atoms with Gasteiger partial charge >= 0.3 is 23.9 Å². The monoisotopic (exact) mass is 636 g/mol. The van der Waals surface area contributed by atoms with Crippen molar-refractivity contribution in [1.82, 2.24) is 0 Å². The Labute approximate surface area is 261 Å². The minimum Gasteiger partial charge on any atom is -0.467 e. The number of esters is 4. The van der Waals surface area contributed by atoms with Crippen LogP contribution in [0.3, 0.4) is 0 Å². The molecule has 0 spiro atoms. The maximum atomic E-state index is 13.8. The van der Waals surface area contributed by atoms with Crippen molar-refractivity contribution >= 4 is 29.7 Å². The summed E-state index contributed by atoms with van der Waals surface area (Å²) in [5.41, 5.74) is -2.41. The number of Topliss-reactive ketones (excluding diaryl/α,β-unsaturated/α-hetero) is 1. The smallest absolute Gasteiger partial charge is 0.347 e. The lowest BCUT2D eigenvalue weighted by Gasteiger charge is -2.60. The maximum Gasteiger partial charge on any atom is 0.347 e. The van der Waals surface area contributed by atoms with E-state index in [9.17, 15) is 39.3 Å². The third-order valence-electron chi connectivity index (χ3n) is 9.87. The summed E-state index contributed by atoms with van der Waals surface area (Å²) < 4.78 is 28.1. The number of aliphatic hydroxyl groups is 3. The van der Waals surface area contributed by atoms with Gasteiger partial charge in [0.25, 0.3) is 0 Å². The van der Waals surface area contributed by atoms with Crippen molar-refractivity contribution in [3.8, 4) is 0 Å². The van der Waals surface area contributed by atoms with Crippen LogP contribution >= 0.6 is 0 Å². The predicted octanol–water partition coefficient (Wildman–Crippen LogP) is 1.30. The van der Waals surface area contributed by atoms with Crippen molar-refractivity contribution in [2.45, 2.75) is 103 Å². The van der Waals surface area contributed by atoms with Gasteiger partial charge in [0, 0.05) is 30.8 Å². The zero-order chi connectivity index (χ0) is 33.6. The lowest BCUT2D eigenvalue weighted by atomic mass is 9.47. The van der Waals surface area contributed by atoms with E-state index < -0.39 is 101 Å². The summed E-state index contributed by atoms with van der Waals surface area (Å²) in [4.78, 5) is 65.9. The van der Waals surface area contributed by atoms with Gasteiger partial charge in [0.15, 0.2) is 17.1 Å². The van der Waals surface area contributed by atoms with Gasteiger partial charge in [-0.25, -0.2) is 14.4 Å². The number of allylic oxidation sites excluding steroid dienone is 3. The average molecular weight is 637 g/mol. The highest BCUT2D eigenvalue weighted by Gasteiger charge is 2.66. The minimum absolute atomic E-state index is 0.117. The first-order valence-electron chi connectivity index (χ1n) is 15.2. The molecule has 0 amide bonds. The third kappa shape index (κ3) is 6.32. The second-order valence-corrected chi connectivity index (χ2v) is 13.5. The van der Waals surface area contributed by atoms with E-state index in [1.54, 1.807) is 34.6 Å². The molecule has 2 aliphatic carbocycles. The summed E-state index contributed by atoms with van der Waals surface area (Å²) in [6.45, 7) is 9.82. The molecule has 1 saturated carbocycles. The molecule has 5 aliphatic rings. The highest BCUT2D eigenvalue weighted by molar-refractivity contribution is 5.98. The van der Waals surface area contributed by atoms with E-state index in [0.717, 1.165) is 13.2 Å². The molecule has 250 valence electrons. The van der Waals surface area contributed by atoms with Crippen molar-refractivity contribution in [3.05, 3.63) is 23.0 Å². The number of carbonyl (C=O) groups is 5. The summed E-state index contributed by atoms with van der Waals surface area (Å²) in [6, 6.07) is 0. The number of hydrogen-bond acceptors (Lipinski definition) is 13. The van der Waals surface area contributed by atoms with Crippen LogP contribution in [0.4, 0.5) is 0 Å². The summed E-state index contributed by atoms with van der Waals surface area (Å²) in [5, 5.41) is 33.5. The first-order valence-corrected chi connectivity index (χ1v) is 15.2. The normalized spacial score (nSPS) is 38.6. The van der Waals surface area contributed by atoms with Gasteiger partial charge in [0.1, 0.15) is 12.2 Å². The van der Waals surface area contributed by atoms with Crippen molar-refractivity contribution in [2.24, 2.45) is 29.1 Å². The molecule has 4 bridgehead atoms. The van der Waals surface area contributed by atoms with Gasteiger partial charge in [0.2, 0.25) is 6.10 Å². The average Bonchev–Trinajstić information content (AvgIpc) is 2.93. The molecule has 3 aliphatic heterocycles. The molecule has 4 fully saturated rings. The fourth-order valence-electron chi connectivity index (χ4n) is 7.93. The Balaban J connectivity index is 1.89. The van der Waals surface area contributed by atoms with Crippen molar-refractivity contribution < 1.29 is 63.0 Å². The molecule has 3 unspecified atom stereocenters. The van der Waals surface area contributed by atoms with E-state index in [0.29, 0.717) is 11.1 Å². The van der Waals surface area contributed by atoms with E-state index in [1.807, 2.05) is 0 Å². The van der Waals surface area contributed by atoms with Gasteiger partial charge in [-0.2, -0.15) is 0 Å². The van der Waals surface area contributed by atoms with E-state index >= 15 is 0 Å². The Bertz CT molecular complexity index is 1300. The van der Waals surface area contributed by atoms with Crippen molar-refractivity contribution in [2.75, 3.05) is 13.7 Å². The topological polar surface area (TPSA) is 192 Å². The molecule has 11 atom stereocenters. The van der Waals surface area contributed by atoms with Crippen LogP contribution in [0.5, 0.6) is 0 Å². The fraction of sp³-hybridized carbons (Fsp3) is 0.719. The molecular weight excluding hydrogens is 592 g/mol. The molecule has 0 aromatic heterocycles. The van der Waals surface area contributed by atoms with Gasteiger partial charge in [-0.05, 0) is 56.9 Å². The van der Waals surface area contributed by atoms with Gasteiger partial charge in [0.05, 0.1) is 32.3 Å². The molecule has 13 heteroatoms. The highest BCUT2D eigenvalue weighted by Crippen LogP contribution is 2.61. The minimum atomic E-state index is -2.34. The van der Waals surface area contributed by atoms with E-state index in [4.69, 9.17) is 23.7 Å². The lowest BCUT2D eigenvalue weighted by molar-refractivity contribution is -0.260. The number of fused-ring (bicyclic) bond motifs is 7. The number of ketones is 1. The number of carbonyl (C=O) groups excluding carboxylic acids is 5. The molecule has 5 rings (SSSR count). The zero-order valence-electron chi connectivity index (χ0n) is 26.7. The van der Waals surface area contributed by atoms with Crippen LogP contribution in [0, 0.1) is 29.1 Å². The first-order chi connectivity index (χ1) is 21.0. The van der Waals surface area contributed by atoms with Gasteiger partial charge in [-0.15, -0.1) is 0 Å². The summed E-state index contributed by atoms with van der Waals surface area (Å²) in [5.74, 6) is -7.03. The fourth-order valence-corrected chi connectivity index (χ4v) is 7.93. The largest absolute Gasteiger partial charge is 0.467 e. The summed E-state index contributed by atoms with van der Waals surface area (Å²) in [6.07, 6.45) is -7.18. The van der Waals surface area contributed by atoms with Crippen molar-refractivity contribution in [3.63, 3.8) is 0 Å². The van der Waals surface area contributed by atoms with E-state index in [2.05, 4.69) is 0 Å². The Kier molecular flexibility index (Phi) is 9.99. The van der Waals surface area contributed by atoms with Crippen LogP contribution in [-0.2, 0) is 47.7 Å². The van der Waals surface area contributed by atoms with Crippen LogP contribution in [0.1, 0.15) is 67.2 Å². The van der Waals surface area contributed by atoms with Crippen LogP contribution in [0.2, 0.25) is 0 Å². The summed E-state index contributed by atoms with van der Waals surface area (Å²) >= 11 is 0. The predicted molar refractivity (Wildman–Crippen MR) is 154 cm³/mol. The molecule has 13 nitrogen and oxygen atoms in total. The zero-order valence-corrected chi connectivity index (χ0v) is 26.7. The van der Waals surface area contributed by atoms with Gasteiger partial charge in [-0.3, -0.25) is 9.59 Å². The number of ether oxygens (including phenoxy) is 5. The molecule has 3 N–H and O–H groups in total. The van der Waals surface area contributed by atoms with Crippen LogP contribution in [-0.4, -0.2) is 94.8 Å². The number of hydrogen-bond donors (Lipinski definition) is 3. The first kappa shape index (κ1) is 34.7. The summed E-state index contributed by atoms with van der Waals surface area (Å²) in [7, 11) is 1.06. The van der Waals surface area contributed by atoms with E-state index in [1.165, 1.54) is 6.92 Å². The molecular formula is C32H44O13.